The number of nitrogens with zero attached hydrogens (tertiary/aromatic N) is 1. The van der Waals surface area contributed by atoms with Crippen LogP contribution in [0.3, 0.4) is 0 Å². The maximum absolute atomic E-state index is 9.94. The van der Waals surface area contributed by atoms with Crippen molar-refractivity contribution in [1.82, 2.24) is 4.90 Å². The first-order valence-corrected chi connectivity index (χ1v) is 6.54. The van der Waals surface area contributed by atoms with Crippen LogP contribution in [0, 0.1) is 11.8 Å². The molecule has 1 rings (SSSR count). The van der Waals surface area contributed by atoms with Gasteiger partial charge in [0.2, 0.25) is 0 Å². The Morgan fingerprint density at radius 2 is 1.75 bits per heavy atom. The lowest BCUT2D eigenvalue weighted by molar-refractivity contribution is -0.0738. The Bertz CT molecular complexity index is 186. The summed E-state index contributed by atoms with van der Waals surface area (Å²) < 4.78 is 5.82. The minimum absolute atomic E-state index is 0.286. The Hall–Kier alpha value is -0.120. The van der Waals surface area contributed by atoms with Gasteiger partial charge in [0.15, 0.2) is 0 Å². The largest absolute Gasteiger partial charge is 0.378 e. The number of hydrogen-bond acceptors (Lipinski definition) is 3. The summed E-state index contributed by atoms with van der Waals surface area (Å²) in [5.41, 5.74) is 0. The molecule has 1 unspecified atom stereocenters. The van der Waals surface area contributed by atoms with Gasteiger partial charge in [-0.3, -0.25) is 4.90 Å². The van der Waals surface area contributed by atoms with Gasteiger partial charge in [0.1, 0.15) is 6.23 Å². The van der Waals surface area contributed by atoms with Crippen LogP contribution in [0.1, 0.15) is 40.5 Å². The van der Waals surface area contributed by atoms with Crippen molar-refractivity contribution >= 4 is 0 Å². The molecular weight excluding hydrogens is 202 g/mol. The summed E-state index contributed by atoms with van der Waals surface area (Å²) in [4.78, 5) is 2.17. The van der Waals surface area contributed by atoms with E-state index in [0.29, 0.717) is 17.9 Å². The minimum atomic E-state index is -0.286. The molecule has 1 N–H and O–H groups in total. The van der Waals surface area contributed by atoms with Crippen LogP contribution < -0.4 is 0 Å². The second kappa shape index (κ2) is 6.58. The Morgan fingerprint density at radius 1 is 1.19 bits per heavy atom. The van der Waals surface area contributed by atoms with E-state index in [-0.39, 0.29) is 6.23 Å². The van der Waals surface area contributed by atoms with Gasteiger partial charge < -0.3 is 9.84 Å². The summed E-state index contributed by atoms with van der Waals surface area (Å²) >= 11 is 0. The van der Waals surface area contributed by atoms with Crippen LogP contribution in [-0.2, 0) is 4.74 Å². The average molecular weight is 229 g/mol. The molecule has 1 atom stereocenters. The van der Waals surface area contributed by atoms with Crippen molar-refractivity contribution in [3.63, 3.8) is 0 Å². The highest BCUT2D eigenvalue weighted by molar-refractivity contribution is 4.75. The topological polar surface area (TPSA) is 32.7 Å². The molecule has 0 aliphatic carbocycles. The number of hydrogen-bond donors (Lipinski definition) is 1. The van der Waals surface area contributed by atoms with E-state index in [9.17, 15) is 5.11 Å². The van der Waals surface area contributed by atoms with Crippen LogP contribution >= 0.6 is 0 Å². The predicted octanol–water partition coefficient (Wildman–Crippen LogP) is 2.10. The summed E-state index contributed by atoms with van der Waals surface area (Å²) in [6.45, 7) is 11.3. The molecular formula is C13H27NO2. The Morgan fingerprint density at radius 3 is 2.19 bits per heavy atom. The van der Waals surface area contributed by atoms with Crippen molar-refractivity contribution < 1.29 is 9.84 Å². The molecule has 0 spiro atoms. The van der Waals surface area contributed by atoms with Gasteiger partial charge in [-0.2, -0.15) is 0 Å². The Kier molecular flexibility index (Phi) is 5.73. The summed E-state index contributed by atoms with van der Waals surface area (Å²) in [5.74, 6) is 0.924. The molecule has 0 saturated carbocycles. The average Bonchev–Trinajstić information content (AvgIpc) is 2.26. The van der Waals surface area contributed by atoms with E-state index in [1.54, 1.807) is 0 Å². The SMILES string of the molecule is CC(C)COC1CCN(C(O)C(C)C)CC1. The Balaban J connectivity index is 2.23. The molecule has 16 heavy (non-hydrogen) atoms. The highest BCUT2D eigenvalue weighted by atomic mass is 16.5. The van der Waals surface area contributed by atoms with E-state index in [0.717, 1.165) is 32.5 Å². The van der Waals surface area contributed by atoms with Gasteiger partial charge in [0, 0.05) is 19.7 Å². The van der Waals surface area contributed by atoms with Crippen molar-refractivity contribution in [2.75, 3.05) is 19.7 Å². The highest BCUT2D eigenvalue weighted by Gasteiger charge is 2.25. The van der Waals surface area contributed by atoms with Crippen molar-refractivity contribution in [1.29, 1.82) is 0 Å². The molecule has 0 aromatic rings. The van der Waals surface area contributed by atoms with E-state index in [1.165, 1.54) is 0 Å². The molecule has 1 aliphatic heterocycles. The molecule has 1 fully saturated rings. The van der Waals surface area contributed by atoms with Gasteiger partial charge in [-0.1, -0.05) is 27.7 Å². The highest BCUT2D eigenvalue weighted by Crippen LogP contribution is 2.18. The first-order valence-electron chi connectivity index (χ1n) is 6.54. The molecule has 0 amide bonds. The van der Waals surface area contributed by atoms with Gasteiger partial charge >= 0.3 is 0 Å². The fraction of sp³-hybridized carbons (Fsp3) is 1.00. The third-order valence-corrected chi connectivity index (χ3v) is 3.11. The smallest absolute Gasteiger partial charge is 0.109 e. The number of ether oxygens (including phenoxy) is 1. The van der Waals surface area contributed by atoms with Crippen LogP contribution in [0.5, 0.6) is 0 Å². The normalized spacial score (nSPS) is 21.9. The van der Waals surface area contributed by atoms with Crippen LogP contribution in [0.2, 0.25) is 0 Å². The predicted molar refractivity (Wildman–Crippen MR) is 66.2 cm³/mol. The number of piperidine rings is 1. The molecule has 3 heteroatoms. The fourth-order valence-electron chi connectivity index (χ4n) is 2.06. The number of aliphatic hydroxyl groups is 1. The van der Waals surface area contributed by atoms with Gasteiger partial charge in [0.05, 0.1) is 6.10 Å². The summed E-state index contributed by atoms with van der Waals surface area (Å²) in [6, 6.07) is 0. The van der Waals surface area contributed by atoms with E-state index >= 15 is 0 Å². The van der Waals surface area contributed by atoms with Gasteiger partial charge in [0.25, 0.3) is 0 Å². The van der Waals surface area contributed by atoms with Crippen molar-refractivity contribution in [2.24, 2.45) is 11.8 Å². The Labute approximate surface area is 99.8 Å². The minimum Gasteiger partial charge on any atom is -0.378 e. The molecule has 3 nitrogen and oxygen atoms in total. The monoisotopic (exact) mass is 229 g/mol. The molecule has 0 radical (unpaired) electrons. The third kappa shape index (κ3) is 4.40. The number of aliphatic hydroxyl groups excluding tert-OH is 1. The first kappa shape index (κ1) is 13.9. The first-order chi connectivity index (χ1) is 7.50. The second-order valence-corrected chi connectivity index (χ2v) is 5.62. The maximum Gasteiger partial charge on any atom is 0.109 e. The van der Waals surface area contributed by atoms with E-state index in [4.69, 9.17) is 4.74 Å². The molecule has 0 aromatic carbocycles. The standard InChI is InChI=1S/C13H27NO2/c1-10(2)9-16-12-5-7-14(8-6-12)13(15)11(3)4/h10-13,15H,5-9H2,1-4H3. The third-order valence-electron chi connectivity index (χ3n) is 3.11. The quantitative estimate of drug-likeness (QED) is 0.783. The lowest BCUT2D eigenvalue weighted by Gasteiger charge is -2.36. The van der Waals surface area contributed by atoms with Crippen molar-refractivity contribution in [2.45, 2.75) is 52.9 Å². The summed E-state index contributed by atoms with van der Waals surface area (Å²) in [7, 11) is 0. The molecule has 0 bridgehead atoms. The second-order valence-electron chi connectivity index (χ2n) is 5.62. The van der Waals surface area contributed by atoms with Gasteiger partial charge in [-0.05, 0) is 24.7 Å². The zero-order valence-corrected chi connectivity index (χ0v) is 11.1. The summed E-state index contributed by atoms with van der Waals surface area (Å²) in [6.07, 6.45) is 2.22. The zero-order chi connectivity index (χ0) is 12.1. The molecule has 96 valence electrons. The van der Waals surface area contributed by atoms with E-state index in [1.807, 2.05) is 0 Å². The molecule has 1 aliphatic rings. The molecule has 1 saturated heterocycles. The summed E-state index contributed by atoms with van der Waals surface area (Å²) in [5, 5.41) is 9.94. The van der Waals surface area contributed by atoms with Crippen LogP contribution in [0.25, 0.3) is 0 Å². The van der Waals surface area contributed by atoms with Crippen molar-refractivity contribution in [3.8, 4) is 0 Å². The molecule has 1 heterocycles. The van der Waals surface area contributed by atoms with Crippen LogP contribution in [-0.4, -0.2) is 42.0 Å². The van der Waals surface area contributed by atoms with E-state index < -0.39 is 0 Å². The lowest BCUT2D eigenvalue weighted by atomic mass is 10.0. The van der Waals surface area contributed by atoms with Crippen LogP contribution in [0.15, 0.2) is 0 Å². The van der Waals surface area contributed by atoms with Gasteiger partial charge in [-0.15, -0.1) is 0 Å². The fourth-order valence-corrected chi connectivity index (χ4v) is 2.06. The van der Waals surface area contributed by atoms with Crippen LogP contribution in [0.4, 0.5) is 0 Å². The molecule has 0 aromatic heterocycles. The van der Waals surface area contributed by atoms with Crippen molar-refractivity contribution in [3.05, 3.63) is 0 Å². The number of rotatable bonds is 5. The lowest BCUT2D eigenvalue weighted by Crippen LogP contribution is -2.45. The van der Waals surface area contributed by atoms with E-state index in [2.05, 4.69) is 32.6 Å². The maximum atomic E-state index is 9.94. The number of likely N-dealkylation sites (tertiary alicyclic amines) is 1. The van der Waals surface area contributed by atoms with Gasteiger partial charge in [-0.25, -0.2) is 0 Å². The zero-order valence-electron chi connectivity index (χ0n) is 11.1.